The first kappa shape index (κ1) is 16.0. The molecule has 0 unspecified atom stereocenters. The van der Waals surface area contributed by atoms with Gasteiger partial charge >= 0.3 is 0 Å². The van der Waals surface area contributed by atoms with Gasteiger partial charge in [0.15, 0.2) is 0 Å². The second kappa shape index (κ2) is 7.54. The average Bonchev–Trinajstić information content (AvgIpc) is 2.33. The van der Waals surface area contributed by atoms with Gasteiger partial charge in [-0.25, -0.2) is 13.5 Å². The molecule has 0 fully saturated rings. The van der Waals surface area contributed by atoms with Crippen LogP contribution >= 0.6 is 15.9 Å². The van der Waals surface area contributed by atoms with Crippen LogP contribution in [0.15, 0.2) is 15.5 Å². The van der Waals surface area contributed by atoms with E-state index in [9.17, 15) is 13.6 Å². The number of ether oxygens (including phenoxy) is 1. The number of alkyl halides is 2. The Morgan fingerprint density at radius 1 is 1.53 bits per heavy atom. The fraction of sp³-hybridized carbons (Fsp3) is 0.636. The summed E-state index contributed by atoms with van der Waals surface area (Å²) in [6.45, 7) is 3.57. The maximum atomic E-state index is 11.9. The summed E-state index contributed by atoms with van der Waals surface area (Å²) in [5, 5.41) is 6.92. The van der Waals surface area contributed by atoms with Gasteiger partial charge in [0.25, 0.3) is 12.0 Å². The van der Waals surface area contributed by atoms with Crippen molar-refractivity contribution in [3.05, 3.63) is 21.0 Å². The number of aromatic nitrogens is 2. The Morgan fingerprint density at radius 2 is 2.21 bits per heavy atom. The average molecular weight is 340 g/mol. The summed E-state index contributed by atoms with van der Waals surface area (Å²) < 4.78 is 30.1. The van der Waals surface area contributed by atoms with Crippen molar-refractivity contribution in [2.24, 2.45) is 0 Å². The number of hydrogen-bond acceptors (Lipinski definition) is 4. The molecule has 1 N–H and O–H groups in total. The zero-order chi connectivity index (χ0) is 14.4. The van der Waals surface area contributed by atoms with Gasteiger partial charge in [0.1, 0.15) is 11.1 Å². The maximum absolute atomic E-state index is 11.9. The molecule has 1 aromatic heterocycles. The highest BCUT2D eigenvalue weighted by atomic mass is 79.9. The molecule has 0 aliphatic heterocycles. The third kappa shape index (κ3) is 4.87. The normalized spacial score (nSPS) is 11.3. The molecular formula is C11H16BrF2N3O2. The fourth-order valence-corrected chi connectivity index (χ4v) is 1.79. The van der Waals surface area contributed by atoms with Crippen molar-refractivity contribution in [3.8, 4) is 0 Å². The number of halogens is 3. The summed E-state index contributed by atoms with van der Waals surface area (Å²) in [4.78, 5) is 11.9. The summed E-state index contributed by atoms with van der Waals surface area (Å²) in [7, 11) is 0. The fourth-order valence-electron chi connectivity index (χ4n) is 1.37. The van der Waals surface area contributed by atoms with E-state index in [2.05, 4.69) is 26.3 Å². The second-order valence-electron chi connectivity index (χ2n) is 4.11. The maximum Gasteiger partial charge on any atom is 0.283 e. The molecule has 19 heavy (non-hydrogen) atoms. The minimum Gasteiger partial charge on any atom is -0.380 e. The Labute approximate surface area is 118 Å². The van der Waals surface area contributed by atoms with Crippen LogP contribution in [0.3, 0.4) is 0 Å². The van der Waals surface area contributed by atoms with E-state index in [-0.39, 0.29) is 18.2 Å². The van der Waals surface area contributed by atoms with Gasteiger partial charge in [0.05, 0.1) is 24.5 Å². The molecule has 0 radical (unpaired) electrons. The smallest absolute Gasteiger partial charge is 0.283 e. The van der Waals surface area contributed by atoms with Gasteiger partial charge in [0, 0.05) is 6.54 Å². The molecule has 0 saturated heterocycles. The van der Waals surface area contributed by atoms with Crippen molar-refractivity contribution in [1.82, 2.24) is 9.78 Å². The molecule has 0 amide bonds. The Bertz CT molecular complexity index is 466. The van der Waals surface area contributed by atoms with Crippen molar-refractivity contribution < 1.29 is 13.5 Å². The topological polar surface area (TPSA) is 56.1 Å². The molecule has 108 valence electrons. The number of nitrogens with one attached hydrogen (secondary N) is 1. The molecule has 0 aliphatic rings. The van der Waals surface area contributed by atoms with Crippen LogP contribution in [0.2, 0.25) is 0 Å². The number of anilines is 1. The third-order valence-electron chi connectivity index (χ3n) is 2.24. The third-order valence-corrected chi connectivity index (χ3v) is 3.00. The highest BCUT2D eigenvalue weighted by molar-refractivity contribution is 9.10. The quantitative estimate of drug-likeness (QED) is 0.774. The van der Waals surface area contributed by atoms with Gasteiger partial charge in [-0.05, 0) is 29.8 Å². The Balaban J connectivity index is 2.56. The Kier molecular flexibility index (Phi) is 6.36. The first-order valence-electron chi connectivity index (χ1n) is 5.80. The van der Waals surface area contributed by atoms with Crippen LogP contribution in [0, 0.1) is 0 Å². The van der Waals surface area contributed by atoms with E-state index in [4.69, 9.17) is 4.74 Å². The molecule has 1 rings (SSSR count). The molecule has 1 aromatic rings. The highest BCUT2D eigenvalue weighted by Gasteiger charge is 2.10. The van der Waals surface area contributed by atoms with Gasteiger partial charge in [0.2, 0.25) is 0 Å². The predicted octanol–water partition coefficient (Wildman–Crippen LogP) is 2.28. The lowest BCUT2D eigenvalue weighted by molar-refractivity contribution is 0.0215. The number of nitrogens with zero attached hydrogens (tertiary/aromatic N) is 2. The van der Waals surface area contributed by atoms with E-state index in [1.165, 1.54) is 10.9 Å². The van der Waals surface area contributed by atoms with Crippen LogP contribution in [0.25, 0.3) is 0 Å². The molecular weight excluding hydrogens is 324 g/mol. The number of rotatable bonds is 7. The van der Waals surface area contributed by atoms with E-state index >= 15 is 0 Å². The van der Waals surface area contributed by atoms with Crippen LogP contribution in [-0.2, 0) is 4.74 Å². The van der Waals surface area contributed by atoms with Crippen LogP contribution < -0.4 is 10.9 Å². The monoisotopic (exact) mass is 339 g/mol. The zero-order valence-electron chi connectivity index (χ0n) is 10.7. The molecule has 8 heteroatoms. The summed E-state index contributed by atoms with van der Waals surface area (Å²) in [5.74, 6) is 0. The van der Waals surface area contributed by atoms with E-state index < -0.39 is 13.0 Å². The second-order valence-corrected chi connectivity index (χ2v) is 4.90. The molecule has 0 spiro atoms. The van der Waals surface area contributed by atoms with Crippen LogP contribution in [-0.4, -0.2) is 36.0 Å². The standard InChI is InChI=1S/C11H16BrF2N3O2/c1-7(2)17-11(18)10(12)8(5-16-17)15-3-4-19-6-9(13)14/h5,7,9,15H,3-4,6H2,1-2H3. The zero-order valence-corrected chi connectivity index (χ0v) is 12.3. The first-order valence-corrected chi connectivity index (χ1v) is 6.60. The van der Waals surface area contributed by atoms with Crippen molar-refractivity contribution in [3.63, 3.8) is 0 Å². The lowest BCUT2D eigenvalue weighted by Gasteiger charge is -2.12. The molecule has 0 saturated carbocycles. The lowest BCUT2D eigenvalue weighted by atomic mass is 10.4. The van der Waals surface area contributed by atoms with Gasteiger partial charge in [-0.2, -0.15) is 5.10 Å². The van der Waals surface area contributed by atoms with Crippen molar-refractivity contribution in [2.45, 2.75) is 26.3 Å². The Morgan fingerprint density at radius 3 is 2.79 bits per heavy atom. The molecule has 0 aliphatic carbocycles. The summed E-state index contributed by atoms with van der Waals surface area (Å²) >= 11 is 3.20. The minimum absolute atomic E-state index is 0.0350. The molecule has 0 atom stereocenters. The van der Waals surface area contributed by atoms with Crippen molar-refractivity contribution >= 4 is 21.6 Å². The van der Waals surface area contributed by atoms with Gasteiger partial charge in [-0.1, -0.05) is 0 Å². The lowest BCUT2D eigenvalue weighted by Crippen LogP contribution is -2.26. The molecule has 1 heterocycles. The molecule has 0 aromatic carbocycles. The Hall–Kier alpha value is -1.02. The van der Waals surface area contributed by atoms with Crippen LogP contribution in [0.5, 0.6) is 0 Å². The van der Waals surface area contributed by atoms with Crippen LogP contribution in [0.1, 0.15) is 19.9 Å². The number of hydrogen-bond donors (Lipinski definition) is 1. The van der Waals surface area contributed by atoms with Crippen molar-refractivity contribution in [2.75, 3.05) is 25.1 Å². The van der Waals surface area contributed by atoms with Crippen LogP contribution in [0.4, 0.5) is 14.5 Å². The molecule has 5 nitrogen and oxygen atoms in total. The SMILES string of the molecule is CC(C)n1ncc(NCCOCC(F)F)c(Br)c1=O. The molecule has 0 bridgehead atoms. The predicted molar refractivity (Wildman–Crippen MR) is 71.9 cm³/mol. The summed E-state index contributed by atoms with van der Waals surface area (Å²) in [5.41, 5.74) is 0.274. The van der Waals surface area contributed by atoms with E-state index in [1.807, 2.05) is 13.8 Å². The minimum atomic E-state index is -2.47. The van der Waals surface area contributed by atoms with Gasteiger partial charge < -0.3 is 10.1 Å². The first-order chi connectivity index (χ1) is 8.93. The highest BCUT2D eigenvalue weighted by Crippen LogP contribution is 2.16. The van der Waals surface area contributed by atoms with E-state index in [0.717, 1.165) is 0 Å². The van der Waals surface area contributed by atoms with E-state index in [1.54, 1.807) is 0 Å². The van der Waals surface area contributed by atoms with Gasteiger partial charge in [-0.15, -0.1) is 0 Å². The van der Waals surface area contributed by atoms with E-state index in [0.29, 0.717) is 16.7 Å². The largest absolute Gasteiger partial charge is 0.380 e. The van der Waals surface area contributed by atoms with Gasteiger partial charge in [-0.3, -0.25) is 4.79 Å². The van der Waals surface area contributed by atoms with Crippen molar-refractivity contribution in [1.29, 1.82) is 0 Å². The summed E-state index contributed by atoms with van der Waals surface area (Å²) in [6.07, 6.45) is -0.957. The summed E-state index contributed by atoms with van der Waals surface area (Å²) in [6, 6.07) is -0.0350.